The van der Waals surface area contributed by atoms with Crippen LogP contribution in [0.1, 0.15) is 71.8 Å². The molecule has 0 bridgehead atoms. The third-order valence-electron chi connectivity index (χ3n) is 6.09. The van der Waals surface area contributed by atoms with E-state index in [9.17, 15) is 19.5 Å². The van der Waals surface area contributed by atoms with Crippen molar-refractivity contribution >= 4 is 17.3 Å². The van der Waals surface area contributed by atoms with E-state index in [0.717, 1.165) is 0 Å². The third-order valence-corrected chi connectivity index (χ3v) is 6.09. The Morgan fingerprint density at radius 1 is 0.967 bits per heavy atom. The number of benzene rings is 1. The average Bonchev–Trinajstić information content (AvgIpc) is 2.58. The Morgan fingerprint density at radius 2 is 1.53 bits per heavy atom. The Kier molecular flexibility index (Phi) is 5.94. The van der Waals surface area contributed by atoms with Gasteiger partial charge in [-0.25, -0.2) is 0 Å². The van der Waals surface area contributed by atoms with E-state index >= 15 is 0 Å². The molecule has 0 saturated heterocycles. The molecule has 3 rings (SSSR count). The van der Waals surface area contributed by atoms with E-state index in [2.05, 4.69) is 0 Å². The maximum absolute atomic E-state index is 13.2. The molecule has 30 heavy (non-hydrogen) atoms. The van der Waals surface area contributed by atoms with Crippen LogP contribution in [0.15, 0.2) is 35.6 Å². The van der Waals surface area contributed by atoms with Crippen molar-refractivity contribution in [1.82, 2.24) is 0 Å². The fourth-order valence-electron chi connectivity index (χ4n) is 4.96. The van der Waals surface area contributed by atoms with Gasteiger partial charge in [-0.05, 0) is 23.8 Å². The van der Waals surface area contributed by atoms with Crippen LogP contribution in [-0.2, 0) is 14.4 Å². The van der Waals surface area contributed by atoms with Gasteiger partial charge in [0, 0.05) is 42.7 Å². The fourth-order valence-corrected chi connectivity index (χ4v) is 4.96. The third kappa shape index (κ3) is 4.35. The van der Waals surface area contributed by atoms with Gasteiger partial charge in [0.15, 0.2) is 5.78 Å². The molecular weight excluding hydrogens is 380 g/mol. The van der Waals surface area contributed by atoms with Gasteiger partial charge < -0.3 is 9.84 Å². The summed E-state index contributed by atoms with van der Waals surface area (Å²) in [5.41, 5.74) is 0.0502. The first-order valence-electron chi connectivity index (χ1n) is 10.7. The molecule has 0 heterocycles. The summed E-state index contributed by atoms with van der Waals surface area (Å²) in [4.78, 5) is 39.6. The second kappa shape index (κ2) is 8.01. The largest absolute Gasteiger partial charge is 0.512 e. The maximum Gasteiger partial charge on any atom is 0.163 e. The van der Waals surface area contributed by atoms with Crippen molar-refractivity contribution in [2.24, 2.45) is 16.7 Å². The van der Waals surface area contributed by atoms with E-state index in [-0.39, 0.29) is 53.4 Å². The summed E-state index contributed by atoms with van der Waals surface area (Å²) in [5.74, 6) is -1.85. The summed E-state index contributed by atoms with van der Waals surface area (Å²) >= 11 is 0. The molecule has 1 unspecified atom stereocenters. The van der Waals surface area contributed by atoms with Crippen LogP contribution in [0.4, 0.5) is 0 Å². The van der Waals surface area contributed by atoms with E-state index in [0.29, 0.717) is 24.3 Å². The summed E-state index contributed by atoms with van der Waals surface area (Å²) in [7, 11) is 0. The quantitative estimate of drug-likeness (QED) is 0.693. The number of para-hydroxylation sites is 1. The van der Waals surface area contributed by atoms with Crippen LogP contribution < -0.4 is 4.74 Å². The standard InChI is InChI=1S/C25H32O5/c1-6-30-20-10-8-7-9-15(20)21(22-16(26)11-24(2,3)12-17(22)27)23-18(28)13-25(4,5)14-19(23)29/h7-10,21-22,28H,6,11-14H2,1-5H3. The van der Waals surface area contributed by atoms with Crippen LogP contribution in [-0.4, -0.2) is 29.1 Å². The number of aliphatic hydroxyl groups is 1. The predicted octanol–water partition coefficient (Wildman–Crippen LogP) is 4.94. The van der Waals surface area contributed by atoms with E-state index in [1.807, 2.05) is 40.7 Å². The van der Waals surface area contributed by atoms with Gasteiger partial charge >= 0.3 is 0 Å². The molecule has 5 heteroatoms. The predicted molar refractivity (Wildman–Crippen MR) is 115 cm³/mol. The lowest BCUT2D eigenvalue weighted by molar-refractivity contribution is -0.140. The van der Waals surface area contributed by atoms with Gasteiger partial charge in [-0.3, -0.25) is 14.4 Å². The number of hydrogen-bond donors (Lipinski definition) is 1. The zero-order valence-corrected chi connectivity index (χ0v) is 18.6. The number of hydrogen-bond acceptors (Lipinski definition) is 5. The SMILES string of the molecule is CCOc1ccccc1C(C1=C(O)CC(C)(C)CC1=O)C1C(=O)CC(C)(C)CC1=O. The molecule has 0 amide bonds. The molecule has 0 aliphatic heterocycles. The Hall–Kier alpha value is -2.43. The summed E-state index contributed by atoms with van der Waals surface area (Å²) in [6.45, 7) is 9.95. The van der Waals surface area contributed by atoms with Gasteiger partial charge in [0.2, 0.25) is 0 Å². The van der Waals surface area contributed by atoms with Gasteiger partial charge in [0.05, 0.1) is 12.5 Å². The van der Waals surface area contributed by atoms with Crippen molar-refractivity contribution in [2.75, 3.05) is 6.61 Å². The number of carbonyl (C=O) groups is 3. The molecule has 1 N–H and O–H groups in total. The van der Waals surface area contributed by atoms with E-state index in [1.165, 1.54) is 0 Å². The molecule has 5 nitrogen and oxygen atoms in total. The maximum atomic E-state index is 13.2. The molecule has 1 fully saturated rings. The number of allylic oxidation sites excluding steroid dienone is 2. The smallest absolute Gasteiger partial charge is 0.163 e. The van der Waals surface area contributed by atoms with Crippen LogP contribution in [0.25, 0.3) is 0 Å². The Morgan fingerprint density at radius 3 is 2.10 bits per heavy atom. The molecule has 2 aliphatic carbocycles. The number of carbonyl (C=O) groups excluding carboxylic acids is 3. The number of ether oxygens (including phenoxy) is 1. The summed E-state index contributed by atoms with van der Waals surface area (Å²) in [6.07, 6.45) is 1.14. The first-order valence-corrected chi connectivity index (χ1v) is 10.7. The zero-order chi connectivity index (χ0) is 22.3. The van der Waals surface area contributed by atoms with Crippen molar-refractivity contribution in [3.63, 3.8) is 0 Å². The highest BCUT2D eigenvalue weighted by molar-refractivity contribution is 6.09. The second-order valence-corrected chi connectivity index (χ2v) is 10.2. The van der Waals surface area contributed by atoms with Crippen LogP contribution in [0, 0.1) is 16.7 Å². The molecule has 162 valence electrons. The Labute approximate surface area is 178 Å². The minimum atomic E-state index is -0.984. The number of aliphatic hydroxyl groups excluding tert-OH is 1. The molecule has 0 aromatic heterocycles. The lowest BCUT2D eigenvalue weighted by Crippen LogP contribution is -2.43. The van der Waals surface area contributed by atoms with Gasteiger partial charge in [-0.2, -0.15) is 0 Å². The molecule has 1 saturated carbocycles. The Bertz CT molecular complexity index is 886. The summed E-state index contributed by atoms with van der Waals surface area (Å²) < 4.78 is 5.78. The average molecular weight is 413 g/mol. The van der Waals surface area contributed by atoms with Crippen molar-refractivity contribution in [3.05, 3.63) is 41.2 Å². The molecule has 1 aromatic rings. The van der Waals surface area contributed by atoms with E-state index < -0.39 is 17.3 Å². The normalized spacial score (nSPS) is 22.9. The molecular formula is C25H32O5. The molecule has 1 aromatic carbocycles. The number of ketones is 3. The summed E-state index contributed by atoms with van der Waals surface area (Å²) in [6, 6.07) is 7.20. The second-order valence-electron chi connectivity index (χ2n) is 10.2. The van der Waals surface area contributed by atoms with E-state index in [4.69, 9.17) is 4.74 Å². The lowest BCUT2D eigenvalue weighted by Gasteiger charge is -2.39. The highest BCUT2D eigenvalue weighted by atomic mass is 16.5. The van der Waals surface area contributed by atoms with Gasteiger partial charge in [0.1, 0.15) is 23.1 Å². The molecule has 2 aliphatic rings. The molecule has 0 spiro atoms. The zero-order valence-electron chi connectivity index (χ0n) is 18.6. The first kappa shape index (κ1) is 22.3. The highest BCUT2D eigenvalue weighted by Gasteiger charge is 2.49. The van der Waals surface area contributed by atoms with Crippen molar-refractivity contribution < 1.29 is 24.2 Å². The van der Waals surface area contributed by atoms with Crippen molar-refractivity contribution in [1.29, 1.82) is 0 Å². The van der Waals surface area contributed by atoms with Crippen molar-refractivity contribution in [3.8, 4) is 5.75 Å². The van der Waals surface area contributed by atoms with Crippen LogP contribution in [0.3, 0.4) is 0 Å². The molecule has 0 radical (unpaired) electrons. The van der Waals surface area contributed by atoms with Crippen molar-refractivity contribution in [2.45, 2.75) is 66.2 Å². The topological polar surface area (TPSA) is 80.7 Å². The minimum Gasteiger partial charge on any atom is -0.512 e. The van der Waals surface area contributed by atoms with Gasteiger partial charge in [0.25, 0.3) is 0 Å². The van der Waals surface area contributed by atoms with E-state index in [1.54, 1.807) is 18.2 Å². The van der Waals surface area contributed by atoms with Crippen LogP contribution in [0.2, 0.25) is 0 Å². The van der Waals surface area contributed by atoms with Gasteiger partial charge in [-0.1, -0.05) is 45.9 Å². The number of Topliss-reactive ketones (excluding diaryl/α,β-unsaturated/α-hetero) is 3. The lowest BCUT2D eigenvalue weighted by atomic mass is 9.62. The fraction of sp³-hybridized carbons (Fsp3) is 0.560. The van der Waals surface area contributed by atoms with Crippen LogP contribution in [0.5, 0.6) is 5.75 Å². The Balaban J connectivity index is 2.20. The first-order chi connectivity index (χ1) is 14.0. The number of rotatable bonds is 5. The molecule has 1 atom stereocenters. The summed E-state index contributed by atoms with van der Waals surface area (Å²) in [5, 5.41) is 10.9. The van der Waals surface area contributed by atoms with Crippen LogP contribution >= 0.6 is 0 Å². The van der Waals surface area contributed by atoms with Gasteiger partial charge in [-0.15, -0.1) is 0 Å². The highest BCUT2D eigenvalue weighted by Crippen LogP contribution is 2.49. The minimum absolute atomic E-state index is 0.0158. The monoisotopic (exact) mass is 412 g/mol.